The summed E-state index contributed by atoms with van der Waals surface area (Å²) in [6.45, 7) is 1.06. The summed E-state index contributed by atoms with van der Waals surface area (Å²) in [6.07, 6.45) is 3.66. The van der Waals surface area contributed by atoms with Gasteiger partial charge in [0.15, 0.2) is 0 Å². The molecule has 0 aliphatic carbocycles. The van der Waals surface area contributed by atoms with Crippen LogP contribution in [0, 0.1) is 5.82 Å². The van der Waals surface area contributed by atoms with Gasteiger partial charge in [-0.25, -0.2) is 9.07 Å². The standard InChI is InChI=1S/C20H17FN4O2/c21-16-8-10-17(11-9-16)23-13-14-24-18(26)19(27)25(22-20(23)24)12-4-7-15-5-2-1-3-6-15/h1-11H,12-14H2/b7-4+. The lowest BCUT2D eigenvalue weighted by Crippen LogP contribution is -2.42. The Morgan fingerprint density at radius 1 is 0.963 bits per heavy atom. The predicted molar refractivity (Wildman–Crippen MR) is 102 cm³/mol. The van der Waals surface area contributed by atoms with Crippen LogP contribution in [0.5, 0.6) is 0 Å². The van der Waals surface area contributed by atoms with Crippen LogP contribution in [-0.4, -0.2) is 20.9 Å². The summed E-state index contributed by atoms with van der Waals surface area (Å²) < 4.78 is 15.7. The van der Waals surface area contributed by atoms with Gasteiger partial charge in [-0.3, -0.25) is 14.2 Å². The van der Waals surface area contributed by atoms with Crippen LogP contribution >= 0.6 is 0 Å². The molecule has 136 valence electrons. The van der Waals surface area contributed by atoms with Crippen LogP contribution in [0.4, 0.5) is 16.0 Å². The van der Waals surface area contributed by atoms with Crippen LogP contribution in [-0.2, 0) is 13.1 Å². The van der Waals surface area contributed by atoms with Crippen molar-refractivity contribution < 1.29 is 4.39 Å². The van der Waals surface area contributed by atoms with Gasteiger partial charge in [-0.15, -0.1) is 5.10 Å². The Hall–Kier alpha value is -3.48. The molecule has 0 bridgehead atoms. The first-order chi connectivity index (χ1) is 13.1. The van der Waals surface area contributed by atoms with E-state index in [1.54, 1.807) is 23.1 Å². The van der Waals surface area contributed by atoms with Gasteiger partial charge >= 0.3 is 11.1 Å². The maximum Gasteiger partial charge on any atom is 0.333 e. The number of aromatic nitrogens is 3. The number of nitrogens with zero attached hydrogens (tertiary/aromatic N) is 4. The highest BCUT2D eigenvalue weighted by Gasteiger charge is 2.25. The maximum absolute atomic E-state index is 13.2. The van der Waals surface area contributed by atoms with Gasteiger partial charge < -0.3 is 4.90 Å². The molecule has 27 heavy (non-hydrogen) atoms. The number of fused-ring (bicyclic) bond motifs is 1. The number of anilines is 2. The predicted octanol–water partition coefficient (Wildman–Crippen LogP) is 2.41. The Kier molecular flexibility index (Phi) is 4.42. The van der Waals surface area contributed by atoms with E-state index in [0.717, 1.165) is 15.9 Å². The summed E-state index contributed by atoms with van der Waals surface area (Å²) in [6, 6.07) is 15.6. The molecule has 0 unspecified atom stereocenters. The van der Waals surface area contributed by atoms with E-state index >= 15 is 0 Å². The topological polar surface area (TPSA) is 60.1 Å². The van der Waals surface area contributed by atoms with Crippen molar-refractivity contribution in [1.82, 2.24) is 14.3 Å². The first-order valence-electron chi connectivity index (χ1n) is 8.60. The lowest BCUT2D eigenvalue weighted by molar-refractivity contribution is 0.600. The lowest BCUT2D eigenvalue weighted by Gasteiger charge is -2.17. The Morgan fingerprint density at radius 2 is 1.70 bits per heavy atom. The summed E-state index contributed by atoms with van der Waals surface area (Å²) in [4.78, 5) is 26.6. The van der Waals surface area contributed by atoms with Crippen LogP contribution in [0.3, 0.4) is 0 Å². The molecule has 0 radical (unpaired) electrons. The average molecular weight is 364 g/mol. The lowest BCUT2D eigenvalue weighted by atomic mass is 10.2. The first kappa shape index (κ1) is 17.0. The van der Waals surface area contributed by atoms with Crippen molar-refractivity contribution in [1.29, 1.82) is 0 Å². The average Bonchev–Trinajstić information content (AvgIpc) is 3.11. The third-order valence-corrected chi connectivity index (χ3v) is 4.43. The van der Waals surface area contributed by atoms with Crippen molar-refractivity contribution in [3.63, 3.8) is 0 Å². The zero-order valence-corrected chi connectivity index (χ0v) is 14.5. The molecule has 1 aromatic heterocycles. The summed E-state index contributed by atoms with van der Waals surface area (Å²) in [5.74, 6) is 0.0543. The second-order valence-electron chi connectivity index (χ2n) is 6.19. The highest BCUT2D eigenvalue weighted by atomic mass is 19.1. The first-order valence-corrected chi connectivity index (χ1v) is 8.60. The Labute approximate surface area is 154 Å². The van der Waals surface area contributed by atoms with Gasteiger partial charge in [-0.1, -0.05) is 42.5 Å². The number of allylic oxidation sites excluding steroid dienone is 1. The number of hydrogen-bond donors (Lipinski definition) is 0. The molecule has 1 aliphatic rings. The molecule has 0 saturated heterocycles. The van der Waals surface area contributed by atoms with E-state index in [-0.39, 0.29) is 12.4 Å². The van der Waals surface area contributed by atoms with Gasteiger partial charge in [0.2, 0.25) is 5.95 Å². The molecule has 0 spiro atoms. The van der Waals surface area contributed by atoms with Crippen LogP contribution in [0.2, 0.25) is 0 Å². The molecule has 4 rings (SSSR count). The quantitative estimate of drug-likeness (QED) is 0.667. The van der Waals surface area contributed by atoms with E-state index in [0.29, 0.717) is 19.0 Å². The molecule has 7 heteroatoms. The fraction of sp³-hybridized carbons (Fsp3) is 0.150. The summed E-state index contributed by atoms with van der Waals surface area (Å²) in [5.41, 5.74) is 0.464. The molecule has 0 fully saturated rings. The number of rotatable bonds is 4. The molecule has 1 aliphatic heterocycles. The Morgan fingerprint density at radius 3 is 2.44 bits per heavy atom. The number of hydrogen-bond acceptors (Lipinski definition) is 4. The second kappa shape index (κ2) is 7.03. The maximum atomic E-state index is 13.2. The van der Waals surface area contributed by atoms with E-state index in [1.807, 2.05) is 36.4 Å². The van der Waals surface area contributed by atoms with Crippen molar-refractivity contribution in [2.45, 2.75) is 13.1 Å². The molecule has 2 aromatic carbocycles. The molecule has 0 atom stereocenters. The Bertz CT molecular complexity index is 1100. The van der Waals surface area contributed by atoms with Crippen LogP contribution in [0.1, 0.15) is 5.56 Å². The molecule has 0 saturated carbocycles. The minimum Gasteiger partial charge on any atom is -0.309 e. The molecule has 0 amide bonds. The van der Waals surface area contributed by atoms with Gasteiger partial charge in [0.05, 0.1) is 6.54 Å². The van der Waals surface area contributed by atoms with Crippen molar-refractivity contribution in [2.75, 3.05) is 11.4 Å². The summed E-state index contributed by atoms with van der Waals surface area (Å²) in [5, 5.41) is 4.37. The van der Waals surface area contributed by atoms with Gasteiger partial charge in [0.25, 0.3) is 0 Å². The summed E-state index contributed by atoms with van der Waals surface area (Å²) >= 11 is 0. The van der Waals surface area contributed by atoms with Gasteiger partial charge in [-0.2, -0.15) is 0 Å². The number of benzene rings is 2. The van der Waals surface area contributed by atoms with Crippen molar-refractivity contribution in [3.8, 4) is 0 Å². The molecule has 6 nitrogen and oxygen atoms in total. The zero-order valence-electron chi connectivity index (χ0n) is 14.5. The third-order valence-electron chi connectivity index (χ3n) is 4.43. The van der Waals surface area contributed by atoms with Crippen molar-refractivity contribution in [2.24, 2.45) is 0 Å². The molecular formula is C20H17FN4O2. The van der Waals surface area contributed by atoms with Crippen LogP contribution < -0.4 is 16.0 Å². The molecule has 0 N–H and O–H groups in total. The van der Waals surface area contributed by atoms with Crippen molar-refractivity contribution >= 4 is 17.7 Å². The minimum atomic E-state index is -0.655. The minimum absolute atomic E-state index is 0.189. The highest BCUT2D eigenvalue weighted by Crippen LogP contribution is 2.26. The Balaban J connectivity index is 1.67. The normalized spacial score (nSPS) is 13.3. The van der Waals surface area contributed by atoms with E-state index in [2.05, 4.69) is 5.10 Å². The zero-order chi connectivity index (χ0) is 18.8. The smallest absolute Gasteiger partial charge is 0.309 e. The molecular weight excluding hydrogens is 347 g/mol. The van der Waals surface area contributed by atoms with E-state index in [9.17, 15) is 14.0 Å². The van der Waals surface area contributed by atoms with Gasteiger partial charge in [0, 0.05) is 18.8 Å². The van der Waals surface area contributed by atoms with E-state index in [1.165, 1.54) is 16.7 Å². The molecule has 2 heterocycles. The van der Waals surface area contributed by atoms with Gasteiger partial charge in [-0.05, 0) is 29.8 Å². The van der Waals surface area contributed by atoms with Crippen molar-refractivity contribution in [3.05, 3.63) is 92.8 Å². The SMILES string of the molecule is O=c1c(=O)n2c(nn1C/C=C/c1ccccc1)N(c1ccc(F)cc1)CC2. The van der Waals surface area contributed by atoms with E-state index in [4.69, 9.17) is 0 Å². The number of halogens is 1. The third kappa shape index (κ3) is 3.31. The van der Waals surface area contributed by atoms with E-state index < -0.39 is 11.1 Å². The van der Waals surface area contributed by atoms with Crippen LogP contribution in [0.15, 0.2) is 70.3 Å². The fourth-order valence-electron chi connectivity index (χ4n) is 3.07. The fourth-order valence-corrected chi connectivity index (χ4v) is 3.07. The highest BCUT2D eigenvalue weighted by molar-refractivity contribution is 5.58. The van der Waals surface area contributed by atoms with Crippen LogP contribution in [0.25, 0.3) is 6.08 Å². The van der Waals surface area contributed by atoms with Gasteiger partial charge in [0.1, 0.15) is 5.82 Å². The summed E-state index contributed by atoms with van der Waals surface area (Å²) in [7, 11) is 0. The monoisotopic (exact) mass is 364 g/mol. The molecule has 3 aromatic rings. The largest absolute Gasteiger partial charge is 0.333 e. The second-order valence-corrected chi connectivity index (χ2v) is 6.19.